The molecule has 0 amide bonds. The number of nitrogens with zero attached hydrogens (tertiary/aromatic N) is 2. The topological polar surface area (TPSA) is 6.48 Å². The van der Waals surface area contributed by atoms with Crippen LogP contribution in [0.25, 0.3) is 111 Å². The molecule has 0 atom stereocenters. The summed E-state index contributed by atoms with van der Waals surface area (Å²) < 4.78 is 0. The van der Waals surface area contributed by atoms with Crippen LogP contribution in [0.15, 0.2) is 288 Å². The fraction of sp³-hybridized carbons (Fsp3) is 0. The van der Waals surface area contributed by atoms with Crippen LogP contribution in [-0.2, 0) is 0 Å². The van der Waals surface area contributed by atoms with Gasteiger partial charge in [-0.1, -0.05) is 97.1 Å². The Bertz CT molecular complexity index is 4370. The largest absolute Gasteiger partial charge is 0.311 e. The molecule has 0 saturated carbocycles. The molecule has 10 aromatic heterocycles. The summed E-state index contributed by atoms with van der Waals surface area (Å²) in [5, 5.41) is 8.59. The van der Waals surface area contributed by atoms with E-state index in [0.717, 1.165) is 34.1 Å². The highest BCUT2D eigenvalue weighted by molar-refractivity contribution is 7.26. The fourth-order valence-corrected chi connectivity index (χ4v) is 20.5. The molecule has 0 aliphatic carbocycles. The van der Waals surface area contributed by atoms with Gasteiger partial charge >= 0.3 is 0 Å². The molecule has 0 aliphatic rings. The van der Waals surface area contributed by atoms with Gasteiger partial charge in [0.2, 0.25) is 0 Å². The first-order valence-electron chi connectivity index (χ1n) is 28.5. The number of rotatable bonds is 17. The third kappa shape index (κ3) is 11.3. The average molecular weight is 1310 g/mol. The van der Waals surface area contributed by atoms with E-state index < -0.39 is 0 Å². The van der Waals surface area contributed by atoms with E-state index in [1.165, 1.54) is 111 Å². The van der Waals surface area contributed by atoms with Gasteiger partial charge in [-0.15, -0.1) is 113 Å². The van der Waals surface area contributed by atoms with Gasteiger partial charge in [-0.25, -0.2) is 0 Å². The molecule has 16 rings (SSSR count). The predicted octanol–water partition coefficient (Wildman–Crippen LogP) is 27.6. The lowest BCUT2D eigenvalue weighted by Gasteiger charge is -2.26. The van der Waals surface area contributed by atoms with Crippen LogP contribution in [0.1, 0.15) is 0 Å². The molecule has 88 heavy (non-hydrogen) atoms. The van der Waals surface area contributed by atoms with Crippen LogP contribution in [0.5, 0.6) is 0 Å². The van der Waals surface area contributed by atoms with Crippen LogP contribution in [0.3, 0.4) is 0 Å². The van der Waals surface area contributed by atoms with Gasteiger partial charge in [0, 0.05) is 112 Å². The second kappa shape index (κ2) is 24.5. The van der Waals surface area contributed by atoms with Crippen LogP contribution in [0.2, 0.25) is 0 Å². The molecule has 0 N–H and O–H groups in total. The second-order valence-corrected chi connectivity index (χ2v) is 31.1. The van der Waals surface area contributed by atoms with Crippen molar-refractivity contribution in [3.05, 3.63) is 288 Å². The number of anilines is 6. The predicted molar refractivity (Wildman–Crippen MR) is 394 cm³/mol. The van der Waals surface area contributed by atoms with Crippen molar-refractivity contribution in [3.63, 3.8) is 0 Å². The van der Waals surface area contributed by atoms with E-state index >= 15 is 0 Å². The van der Waals surface area contributed by atoms with Gasteiger partial charge in [-0.2, -0.15) is 0 Å². The Morgan fingerprint density at radius 3 is 0.466 bits per heavy atom. The van der Waals surface area contributed by atoms with E-state index in [4.69, 9.17) is 0 Å². The van der Waals surface area contributed by atoms with Crippen LogP contribution in [-0.4, -0.2) is 0 Å². The molecular weight excluding hydrogens is 1260 g/mol. The Balaban J connectivity index is 0.652. The highest BCUT2D eigenvalue weighted by Crippen LogP contribution is 2.47. The molecule has 2 nitrogen and oxygen atoms in total. The van der Waals surface area contributed by atoms with Gasteiger partial charge in [-0.3, -0.25) is 0 Å². The zero-order valence-corrected chi connectivity index (χ0v) is 54.9. The minimum absolute atomic E-state index is 1.11. The first-order chi connectivity index (χ1) is 43.5. The monoisotopic (exact) mass is 1310 g/mol. The Kier molecular flexibility index (Phi) is 15.4. The summed E-state index contributed by atoms with van der Waals surface area (Å²) in [6.07, 6.45) is 0. The molecular formula is C76H48N2S10. The minimum Gasteiger partial charge on any atom is -0.311 e. The Morgan fingerprint density at radius 1 is 0.148 bits per heavy atom. The molecule has 0 unspecified atom stereocenters. The third-order valence-electron chi connectivity index (χ3n) is 15.4. The molecule has 0 spiro atoms. The van der Waals surface area contributed by atoms with Gasteiger partial charge in [0.15, 0.2) is 0 Å². The summed E-state index contributed by atoms with van der Waals surface area (Å²) in [6.45, 7) is 0. The van der Waals surface area contributed by atoms with Gasteiger partial charge in [0.1, 0.15) is 0 Å². The summed E-state index contributed by atoms with van der Waals surface area (Å²) in [4.78, 5) is 25.3. The van der Waals surface area contributed by atoms with Gasteiger partial charge in [0.05, 0.1) is 0 Å². The quantitative estimate of drug-likeness (QED) is 0.0896. The van der Waals surface area contributed by atoms with E-state index in [0.29, 0.717) is 0 Å². The van der Waals surface area contributed by atoms with Gasteiger partial charge in [0.25, 0.3) is 0 Å². The molecule has 16 aromatic rings. The maximum Gasteiger partial charge on any atom is 0.0462 e. The highest BCUT2D eigenvalue weighted by atomic mass is 32.1. The van der Waals surface area contributed by atoms with E-state index in [-0.39, 0.29) is 0 Å². The van der Waals surface area contributed by atoms with E-state index in [1.54, 1.807) is 45.3 Å². The number of benzene rings is 6. The van der Waals surface area contributed by atoms with Crippen LogP contribution >= 0.6 is 113 Å². The molecule has 0 bridgehead atoms. The van der Waals surface area contributed by atoms with Crippen molar-refractivity contribution in [3.8, 4) is 111 Å². The van der Waals surface area contributed by atoms with Crippen molar-refractivity contribution in [1.82, 2.24) is 0 Å². The molecule has 12 heteroatoms. The molecule has 0 aliphatic heterocycles. The van der Waals surface area contributed by atoms with Crippen LogP contribution in [0, 0.1) is 0 Å². The Hall–Kier alpha value is -8.08. The van der Waals surface area contributed by atoms with Crippen LogP contribution in [0.4, 0.5) is 34.1 Å². The average Bonchev–Trinajstić information content (AvgIpc) is 2.54. The van der Waals surface area contributed by atoms with Gasteiger partial charge in [-0.05, 0) is 225 Å². The minimum atomic E-state index is 1.11. The van der Waals surface area contributed by atoms with Gasteiger partial charge < -0.3 is 9.80 Å². The van der Waals surface area contributed by atoms with Crippen LogP contribution < -0.4 is 9.80 Å². The summed E-state index contributed by atoms with van der Waals surface area (Å²) >= 11 is 18.3. The van der Waals surface area contributed by atoms with Crippen molar-refractivity contribution in [2.45, 2.75) is 0 Å². The zero-order valence-electron chi connectivity index (χ0n) is 46.7. The SMILES string of the molecule is c1csc(-c2ccc(-c3ccc(N(c4ccc(-c5ccc(-c6cccs6)s5)cc4)c4ccc(-c5ccc(-c6ccc(-c7ccc(N(c8ccc(-c9ccc(-c%10cccs%10)s9)cc8)c8ccc(-c9ccc(-c%10cccs%10)s9)cc8)cc7)s6)s5)cc4)cc3)s2)c1. The highest BCUT2D eigenvalue weighted by Gasteiger charge is 2.19. The maximum atomic E-state index is 2.38. The second-order valence-electron chi connectivity index (χ2n) is 20.8. The van der Waals surface area contributed by atoms with Crippen molar-refractivity contribution < 1.29 is 0 Å². The van der Waals surface area contributed by atoms with Crippen molar-refractivity contribution >= 4 is 147 Å². The lowest BCUT2D eigenvalue weighted by molar-refractivity contribution is 1.28. The van der Waals surface area contributed by atoms with E-state index in [1.807, 2.05) is 68.0 Å². The maximum absolute atomic E-state index is 2.38. The van der Waals surface area contributed by atoms with Crippen molar-refractivity contribution in [2.75, 3.05) is 9.80 Å². The summed E-state index contributed by atoms with van der Waals surface area (Å²) in [5.41, 5.74) is 14.0. The molecule has 0 radical (unpaired) electrons. The van der Waals surface area contributed by atoms with E-state index in [2.05, 4.69) is 298 Å². The Morgan fingerprint density at radius 2 is 0.307 bits per heavy atom. The lowest BCUT2D eigenvalue weighted by atomic mass is 10.1. The molecule has 10 heterocycles. The van der Waals surface area contributed by atoms with E-state index in [9.17, 15) is 0 Å². The Labute approximate surface area is 551 Å². The number of hydrogen-bond acceptors (Lipinski definition) is 12. The fourth-order valence-electron chi connectivity index (χ4n) is 11.0. The number of thiophene rings is 10. The normalized spacial score (nSPS) is 11.4. The van der Waals surface area contributed by atoms with Crippen molar-refractivity contribution in [1.29, 1.82) is 0 Å². The molecule has 6 aromatic carbocycles. The molecule has 0 saturated heterocycles. The zero-order chi connectivity index (χ0) is 58.3. The lowest BCUT2D eigenvalue weighted by Crippen LogP contribution is -2.09. The molecule has 422 valence electrons. The first kappa shape index (κ1) is 55.2. The molecule has 0 fully saturated rings. The third-order valence-corrected chi connectivity index (χ3v) is 26.7. The first-order valence-corrected chi connectivity index (χ1v) is 36.9. The summed E-state index contributed by atoms with van der Waals surface area (Å²) in [5.74, 6) is 0. The van der Waals surface area contributed by atoms with Crippen molar-refractivity contribution in [2.24, 2.45) is 0 Å². The summed E-state index contributed by atoms with van der Waals surface area (Å²) in [6, 6.07) is 98.9. The smallest absolute Gasteiger partial charge is 0.0462 e. The summed E-state index contributed by atoms with van der Waals surface area (Å²) in [7, 11) is 0. The standard InChI is InChI=1S/C76H48N2S10/c1-5-67(79-45-1)71-39-33-61(83-71)49-9-21-55(22-10-49)77(56-23-11-50(12-24-56)62-34-40-72(84-62)68-6-2-46-80-68)59-29-17-53(18-30-59)65-37-43-75(87-65)76-44-38-66(88-76)54-19-31-60(32-20-54)78(57-25-13-51(14-26-57)63-35-41-73(85-63)69-7-3-47-81-69)58-27-15-52(16-28-58)64-36-42-74(86-64)70-8-4-48-82-70/h1-48H. The number of hydrogen-bond donors (Lipinski definition) is 0.